The number of carbonyl (C=O) groups is 1. The Balaban J connectivity index is 1.57. The molecule has 3 rings (SSSR count). The van der Waals surface area contributed by atoms with E-state index in [9.17, 15) is 4.79 Å². The fourth-order valence-corrected chi connectivity index (χ4v) is 2.85. The number of carbonyl (C=O) groups excluding carboxylic acids is 1. The van der Waals surface area contributed by atoms with Crippen LogP contribution in [0, 0.1) is 11.8 Å². The molecule has 2 atom stereocenters. The second-order valence-electron chi connectivity index (χ2n) is 5.47. The molecule has 0 aromatic carbocycles. The van der Waals surface area contributed by atoms with Gasteiger partial charge in [-0.05, 0) is 40.4 Å². The fourth-order valence-electron chi connectivity index (χ4n) is 2.61. The molecule has 0 bridgehead atoms. The molecule has 2 aliphatic rings. The first-order valence-corrected chi connectivity index (χ1v) is 7.60. The van der Waals surface area contributed by atoms with Crippen LogP contribution < -0.4 is 4.90 Å². The van der Waals surface area contributed by atoms with Crippen molar-refractivity contribution in [3.05, 3.63) is 22.8 Å². The molecule has 1 aliphatic heterocycles. The highest BCUT2D eigenvalue weighted by molar-refractivity contribution is 9.10. The first kappa shape index (κ1) is 12.9. The molecule has 1 aliphatic carbocycles. The Morgan fingerprint density at radius 3 is 2.53 bits per heavy atom. The summed E-state index contributed by atoms with van der Waals surface area (Å²) in [6.45, 7) is 5.55. The summed E-state index contributed by atoms with van der Waals surface area (Å²) in [6, 6.07) is 4.02. The number of hydrogen-bond donors (Lipinski definition) is 0. The molecular formula is C14H18BrN3O. The van der Waals surface area contributed by atoms with Gasteiger partial charge < -0.3 is 9.80 Å². The van der Waals surface area contributed by atoms with Crippen molar-refractivity contribution in [3.63, 3.8) is 0 Å². The first-order valence-electron chi connectivity index (χ1n) is 6.80. The topological polar surface area (TPSA) is 36.4 Å². The summed E-state index contributed by atoms with van der Waals surface area (Å²) in [5.74, 6) is 2.25. The maximum Gasteiger partial charge on any atom is 0.226 e. The fraction of sp³-hybridized carbons (Fsp3) is 0.571. The van der Waals surface area contributed by atoms with Crippen molar-refractivity contribution >= 4 is 27.7 Å². The summed E-state index contributed by atoms with van der Waals surface area (Å²) < 4.78 is 0.993. The van der Waals surface area contributed by atoms with Crippen LogP contribution in [-0.4, -0.2) is 42.0 Å². The van der Waals surface area contributed by atoms with E-state index in [0.29, 0.717) is 17.7 Å². The van der Waals surface area contributed by atoms with Gasteiger partial charge in [-0.3, -0.25) is 4.79 Å². The van der Waals surface area contributed by atoms with Gasteiger partial charge in [0.15, 0.2) is 0 Å². The van der Waals surface area contributed by atoms with Gasteiger partial charge in [-0.25, -0.2) is 4.98 Å². The van der Waals surface area contributed by atoms with Crippen molar-refractivity contribution < 1.29 is 4.79 Å². The Labute approximate surface area is 121 Å². The lowest BCUT2D eigenvalue weighted by molar-refractivity contribution is -0.133. The van der Waals surface area contributed by atoms with Crippen molar-refractivity contribution in [3.8, 4) is 0 Å². The van der Waals surface area contributed by atoms with Gasteiger partial charge in [-0.1, -0.05) is 6.92 Å². The van der Waals surface area contributed by atoms with Crippen LogP contribution in [0.1, 0.15) is 13.3 Å². The molecular weight excluding hydrogens is 306 g/mol. The van der Waals surface area contributed by atoms with Gasteiger partial charge in [0.1, 0.15) is 5.82 Å². The van der Waals surface area contributed by atoms with E-state index in [0.717, 1.165) is 42.9 Å². The smallest absolute Gasteiger partial charge is 0.226 e. The van der Waals surface area contributed by atoms with Crippen molar-refractivity contribution in [1.82, 2.24) is 9.88 Å². The predicted molar refractivity (Wildman–Crippen MR) is 78.0 cm³/mol. The molecule has 19 heavy (non-hydrogen) atoms. The monoisotopic (exact) mass is 323 g/mol. The Bertz CT molecular complexity index is 468. The second-order valence-corrected chi connectivity index (χ2v) is 6.38. The molecule has 4 nitrogen and oxygen atoms in total. The Morgan fingerprint density at radius 2 is 2.00 bits per heavy atom. The number of halogens is 1. The molecule has 0 N–H and O–H groups in total. The van der Waals surface area contributed by atoms with Crippen LogP contribution in [0.5, 0.6) is 0 Å². The lowest BCUT2D eigenvalue weighted by atomic mass is 10.2. The van der Waals surface area contributed by atoms with Gasteiger partial charge in [0, 0.05) is 42.8 Å². The highest BCUT2D eigenvalue weighted by atomic mass is 79.9. The Morgan fingerprint density at radius 1 is 1.32 bits per heavy atom. The number of anilines is 1. The SMILES string of the molecule is C[C@H]1C[C@H]1C(=O)N1CCN(c2ccc(Br)cn2)CC1. The Kier molecular flexibility index (Phi) is 3.48. The van der Waals surface area contributed by atoms with E-state index in [-0.39, 0.29) is 0 Å². The molecule has 2 fully saturated rings. The zero-order valence-corrected chi connectivity index (χ0v) is 12.6. The summed E-state index contributed by atoms with van der Waals surface area (Å²) in [6.07, 6.45) is 2.89. The molecule has 102 valence electrons. The third kappa shape index (κ3) is 2.76. The van der Waals surface area contributed by atoms with E-state index >= 15 is 0 Å². The number of rotatable bonds is 2. The minimum atomic E-state index is 0.303. The van der Waals surface area contributed by atoms with Crippen molar-refractivity contribution in [1.29, 1.82) is 0 Å². The van der Waals surface area contributed by atoms with Crippen LogP contribution in [0.3, 0.4) is 0 Å². The molecule has 5 heteroatoms. The summed E-state index contributed by atoms with van der Waals surface area (Å²) in [5.41, 5.74) is 0. The third-order valence-corrected chi connectivity index (χ3v) is 4.52. The standard InChI is InChI=1S/C14H18BrN3O/c1-10-8-12(10)14(19)18-6-4-17(5-7-18)13-3-2-11(15)9-16-13/h2-3,9-10,12H,4-8H2,1H3/t10-,12+/m0/s1. The van der Waals surface area contributed by atoms with E-state index < -0.39 is 0 Å². The van der Waals surface area contributed by atoms with E-state index in [2.05, 4.69) is 32.7 Å². The molecule has 0 spiro atoms. The van der Waals surface area contributed by atoms with Gasteiger partial charge in [0.25, 0.3) is 0 Å². The molecule has 1 saturated heterocycles. The zero-order valence-electron chi connectivity index (χ0n) is 11.1. The number of piperazine rings is 1. The normalized spacial score (nSPS) is 26.4. The van der Waals surface area contributed by atoms with Crippen molar-refractivity contribution in [2.24, 2.45) is 11.8 Å². The Hall–Kier alpha value is -1.10. The molecule has 2 heterocycles. The number of amides is 1. The first-order chi connectivity index (χ1) is 9.15. The summed E-state index contributed by atoms with van der Waals surface area (Å²) in [5, 5.41) is 0. The minimum Gasteiger partial charge on any atom is -0.353 e. The maximum absolute atomic E-state index is 12.1. The molecule has 1 saturated carbocycles. The predicted octanol–water partition coefficient (Wildman–Crippen LogP) is 2.15. The van der Waals surface area contributed by atoms with Gasteiger partial charge >= 0.3 is 0 Å². The van der Waals surface area contributed by atoms with E-state index in [4.69, 9.17) is 0 Å². The van der Waals surface area contributed by atoms with Crippen molar-refractivity contribution in [2.75, 3.05) is 31.1 Å². The third-order valence-electron chi connectivity index (χ3n) is 4.05. The average Bonchev–Trinajstić information content (AvgIpc) is 3.16. The number of nitrogens with zero attached hydrogens (tertiary/aromatic N) is 3. The molecule has 1 amide bonds. The van der Waals surface area contributed by atoms with Crippen LogP contribution in [-0.2, 0) is 4.79 Å². The number of hydrogen-bond acceptors (Lipinski definition) is 3. The van der Waals surface area contributed by atoms with Gasteiger partial charge in [-0.2, -0.15) is 0 Å². The number of aromatic nitrogens is 1. The highest BCUT2D eigenvalue weighted by Crippen LogP contribution is 2.39. The van der Waals surface area contributed by atoms with Crippen LogP contribution in [0.2, 0.25) is 0 Å². The number of pyridine rings is 1. The van der Waals surface area contributed by atoms with Gasteiger partial charge in [0.05, 0.1) is 0 Å². The minimum absolute atomic E-state index is 0.303. The van der Waals surface area contributed by atoms with E-state index in [1.165, 1.54) is 0 Å². The second kappa shape index (κ2) is 5.12. The van der Waals surface area contributed by atoms with Gasteiger partial charge in [0.2, 0.25) is 5.91 Å². The largest absolute Gasteiger partial charge is 0.353 e. The average molecular weight is 324 g/mol. The maximum atomic E-state index is 12.1. The molecule has 0 radical (unpaired) electrons. The highest BCUT2D eigenvalue weighted by Gasteiger charge is 2.41. The zero-order chi connectivity index (χ0) is 13.4. The van der Waals surface area contributed by atoms with Crippen LogP contribution in [0.25, 0.3) is 0 Å². The van der Waals surface area contributed by atoms with Gasteiger partial charge in [-0.15, -0.1) is 0 Å². The van der Waals surface area contributed by atoms with E-state index in [1.807, 2.05) is 23.2 Å². The van der Waals surface area contributed by atoms with Crippen LogP contribution in [0.4, 0.5) is 5.82 Å². The van der Waals surface area contributed by atoms with Crippen LogP contribution >= 0.6 is 15.9 Å². The summed E-state index contributed by atoms with van der Waals surface area (Å²) in [7, 11) is 0. The molecule has 1 aromatic rings. The lowest BCUT2D eigenvalue weighted by Crippen LogP contribution is -2.49. The van der Waals surface area contributed by atoms with Crippen molar-refractivity contribution in [2.45, 2.75) is 13.3 Å². The molecule has 0 unspecified atom stereocenters. The summed E-state index contributed by atoms with van der Waals surface area (Å²) in [4.78, 5) is 20.8. The quantitative estimate of drug-likeness (QED) is 0.836. The van der Waals surface area contributed by atoms with Crippen LogP contribution in [0.15, 0.2) is 22.8 Å². The summed E-state index contributed by atoms with van der Waals surface area (Å²) >= 11 is 3.39. The molecule has 1 aromatic heterocycles. The lowest BCUT2D eigenvalue weighted by Gasteiger charge is -2.35. The van der Waals surface area contributed by atoms with E-state index in [1.54, 1.807) is 0 Å².